The lowest BCUT2D eigenvalue weighted by Gasteiger charge is -2.29. The molecule has 0 aliphatic carbocycles. The Morgan fingerprint density at radius 1 is 0.696 bits per heavy atom. The van der Waals surface area contributed by atoms with Gasteiger partial charge in [0.2, 0.25) is 0 Å². The van der Waals surface area contributed by atoms with Crippen LogP contribution in [0.1, 0.15) is 49.3 Å². The fourth-order valence-corrected chi connectivity index (χ4v) is 6.80. The van der Waals surface area contributed by atoms with Crippen LogP contribution in [0.5, 0.6) is 0 Å². The number of carbonyl (C=O) groups excluding carboxylic acids is 4. The Morgan fingerprint density at radius 2 is 1.05 bits per heavy atom. The van der Waals surface area contributed by atoms with Crippen molar-refractivity contribution >= 4 is 23.9 Å². The number of esters is 4. The number of methoxy groups -OCH3 is 2. The normalized spacial score (nSPS) is 19.9. The second-order valence-corrected chi connectivity index (χ2v) is 12.1. The van der Waals surface area contributed by atoms with Gasteiger partial charge in [-0.25, -0.2) is 63.1 Å². The molecule has 0 unspecified atom stereocenters. The number of hydrogen-bond acceptors (Lipinski definition) is 10. The largest absolute Gasteiger partial charge is 0.466 e. The first-order chi connectivity index (χ1) is 26.7. The van der Waals surface area contributed by atoms with E-state index in [-0.39, 0.29) is 50.0 Å². The number of alkyl halides is 6. The van der Waals surface area contributed by atoms with Gasteiger partial charge >= 0.3 is 23.9 Å². The molecule has 4 aliphatic rings. The summed E-state index contributed by atoms with van der Waals surface area (Å²) in [5, 5.41) is 5.07. The molecule has 0 bridgehead atoms. The van der Waals surface area contributed by atoms with Crippen LogP contribution in [-0.4, -0.2) is 78.0 Å². The van der Waals surface area contributed by atoms with E-state index >= 15 is 0 Å². The number of dihydropyridines is 2. The molecule has 304 valence electrons. The van der Waals surface area contributed by atoms with Crippen LogP contribution in [0.2, 0.25) is 0 Å². The standard InChI is InChI=1S/2C18H14F5NO4.2H2/c2*1-27-17(25)15-11(5-20)24-12-6-28-18(26)16(12)14(15)8-2-7(21)3-9(22)13(8)10(23)4-19;;/h2*2-3,10,14,24H,4-6H2,1H3;2*1H/t10-,14+;10-,14-;;/m10../s1. The Balaban J connectivity index is 0.000000300. The van der Waals surface area contributed by atoms with Crippen molar-refractivity contribution < 1.29 is 84.9 Å². The Kier molecular flexibility index (Phi) is 12.5. The Hall–Kier alpha value is -5.82. The van der Waals surface area contributed by atoms with E-state index in [4.69, 9.17) is 9.47 Å². The van der Waals surface area contributed by atoms with Gasteiger partial charge in [0.05, 0.1) is 71.1 Å². The van der Waals surface area contributed by atoms with E-state index in [1.807, 2.05) is 0 Å². The monoisotopic (exact) mass is 810 g/mol. The molecule has 6 rings (SSSR count). The molecule has 56 heavy (non-hydrogen) atoms. The van der Waals surface area contributed by atoms with Gasteiger partial charge in [0.15, 0.2) is 12.3 Å². The molecule has 2 N–H and O–H groups in total. The molecule has 0 aromatic heterocycles. The van der Waals surface area contributed by atoms with Gasteiger partial charge in [0.1, 0.15) is 63.2 Å². The average molecular weight is 811 g/mol. The van der Waals surface area contributed by atoms with E-state index in [2.05, 4.69) is 20.1 Å². The second kappa shape index (κ2) is 16.9. The summed E-state index contributed by atoms with van der Waals surface area (Å²) < 4.78 is 157. The van der Waals surface area contributed by atoms with Gasteiger partial charge < -0.3 is 29.6 Å². The maximum atomic E-state index is 14.3. The molecule has 0 amide bonds. The number of nitrogens with one attached hydrogen (secondary N) is 2. The number of carbonyl (C=O) groups is 4. The third-order valence-corrected chi connectivity index (χ3v) is 9.04. The van der Waals surface area contributed by atoms with Crippen LogP contribution in [0, 0.1) is 23.3 Å². The minimum absolute atomic E-state index is 0. The molecule has 2 aromatic rings. The van der Waals surface area contributed by atoms with E-state index in [9.17, 15) is 63.1 Å². The van der Waals surface area contributed by atoms with Crippen LogP contribution in [0.25, 0.3) is 0 Å². The van der Waals surface area contributed by atoms with Crippen LogP contribution in [0.3, 0.4) is 0 Å². The summed E-state index contributed by atoms with van der Waals surface area (Å²) in [5.74, 6) is -12.4. The van der Waals surface area contributed by atoms with Crippen molar-refractivity contribution in [3.05, 3.63) is 115 Å². The van der Waals surface area contributed by atoms with Crippen molar-refractivity contribution in [2.45, 2.75) is 24.2 Å². The highest BCUT2D eigenvalue weighted by Crippen LogP contribution is 2.47. The fraction of sp³-hybridized carbons (Fsp3) is 0.333. The summed E-state index contributed by atoms with van der Waals surface area (Å²) in [5.41, 5.74) is -4.83. The molecule has 2 aromatic carbocycles. The summed E-state index contributed by atoms with van der Waals surface area (Å²) in [6.07, 6.45) is -5.00. The molecule has 4 aliphatic heterocycles. The maximum Gasteiger partial charge on any atom is 0.337 e. The lowest BCUT2D eigenvalue weighted by Crippen LogP contribution is -2.32. The number of benzene rings is 2. The highest BCUT2D eigenvalue weighted by Gasteiger charge is 2.46. The van der Waals surface area contributed by atoms with E-state index in [1.165, 1.54) is 0 Å². The van der Waals surface area contributed by atoms with E-state index in [0.29, 0.717) is 24.3 Å². The van der Waals surface area contributed by atoms with Gasteiger partial charge in [0.25, 0.3) is 0 Å². The second-order valence-electron chi connectivity index (χ2n) is 12.1. The molecule has 20 heteroatoms. The predicted octanol–water partition coefficient (Wildman–Crippen LogP) is 6.17. The zero-order valence-corrected chi connectivity index (χ0v) is 28.9. The molecule has 0 fully saturated rings. The molecule has 0 radical (unpaired) electrons. The van der Waals surface area contributed by atoms with Crippen LogP contribution in [-0.2, 0) is 38.1 Å². The summed E-state index contributed by atoms with van der Waals surface area (Å²) in [4.78, 5) is 49.1. The Morgan fingerprint density at radius 3 is 1.36 bits per heavy atom. The maximum absolute atomic E-state index is 14.3. The number of cyclic esters (lactones) is 2. The third kappa shape index (κ3) is 7.43. The fourth-order valence-electron chi connectivity index (χ4n) is 6.80. The number of ether oxygens (including phenoxy) is 4. The van der Waals surface area contributed by atoms with Crippen LogP contribution in [0.15, 0.2) is 69.3 Å². The number of allylic oxidation sites excluding steroid dienone is 2. The zero-order chi connectivity index (χ0) is 41.2. The minimum Gasteiger partial charge on any atom is -0.466 e. The highest BCUT2D eigenvalue weighted by molar-refractivity contribution is 6.02. The van der Waals surface area contributed by atoms with Crippen molar-refractivity contribution in [1.82, 2.24) is 10.6 Å². The van der Waals surface area contributed by atoms with Gasteiger partial charge in [-0.15, -0.1) is 0 Å². The average Bonchev–Trinajstić information content (AvgIpc) is 3.75. The van der Waals surface area contributed by atoms with Gasteiger partial charge in [-0.05, 0) is 23.3 Å². The van der Waals surface area contributed by atoms with Crippen molar-refractivity contribution in [1.29, 1.82) is 0 Å². The van der Waals surface area contributed by atoms with E-state index in [1.54, 1.807) is 0 Å². The lowest BCUT2D eigenvalue weighted by molar-refractivity contribution is -0.138. The zero-order valence-electron chi connectivity index (χ0n) is 28.9. The Labute approximate surface area is 312 Å². The predicted molar refractivity (Wildman–Crippen MR) is 174 cm³/mol. The summed E-state index contributed by atoms with van der Waals surface area (Å²) in [6, 6.07) is 2.04. The first kappa shape index (κ1) is 41.3. The molecule has 10 nitrogen and oxygen atoms in total. The molecule has 4 heterocycles. The van der Waals surface area contributed by atoms with Gasteiger partial charge in [0, 0.05) is 26.1 Å². The van der Waals surface area contributed by atoms with E-state index in [0.717, 1.165) is 14.2 Å². The topological polar surface area (TPSA) is 129 Å². The van der Waals surface area contributed by atoms with Gasteiger partial charge in [-0.3, -0.25) is 0 Å². The van der Waals surface area contributed by atoms with Crippen LogP contribution < -0.4 is 10.6 Å². The lowest BCUT2D eigenvalue weighted by atomic mass is 9.78. The van der Waals surface area contributed by atoms with Gasteiger partial charge in [-0.1, -0.05) is 0 Å². The van der Waals surface area contributed by atoms with Crippen molar-refractivity contribution in [3.63, 3.8) is 0 Å². The highest BCUT2D eigenvalue weighted by atomic mass is 19.2. The molecule has 0 saturated heterocycles. The summed E-state index contributed by atoms with van der Waals surface area (Å²) in [6.45, 7) is -6.33. The number of halogens is 10. The molecular formula is C36H32F10N2O8. The smallest absolute Gasteiger partial charge is 0.337 e. The SMILES string of the molecule is COC(=O)C1=C(CF)NC2=C(C(=O)OC2)[C@H]1c1cc(F)cc(F)c1[C@@H](F)CF.COC(=O)C1=C(CF)NC2=C(C(=O)OC2)[C@H]1c1cc(F)cc(F)c1[C@H](F)CF.[HH].[HH]. The summed E-state index contributed by atoms with van der Waals surface area (Å²) >= 11 is 0. The number of hydrogen-bond donors (Lipinski definition) is 2. The van der Waals surface area contributed by atoms with Crippen LogP contribution in [0.4, 0.5) is 43.9 Å². The third-order valence-electron chi connectivity index (χ3n) is 9.04. The Bertz CT molecular complexity index is 1980. The minimum atomic E-state index is -2.50. The molecule has 0 saturated carbocycles. The molecule has 4 atom stereocenters. The quantitative estimate of drug-likeness (QED) is 0.163. The first-order valence-corrected chi connectivity index (χ1v) is 16.1. The van der Waals surface area contributed by atoms with Crippen LogP contribution >= 0.6 is 0 Å². The first-order valence-electron chi connectivity index (χ1n) is 16.1. The van der Waals surface area contributed by atoms with Crippen molar-refractivity contribution in [2.24, 2.45) is 0 Å². The van der Waals surface area contributed by atoms with Gasteiger partial charge in [-0.2, -0.15) is 0 Å². The van der Waals surface area contributed by atoms with Crippen molar-refractivity contribution in [2.75, 3.05) is 54.1 Å². The molecular weight excluding hydrogens is 778 g/mol. The summed E-state index contributed by atoms with van der Waals surface area (Å²) in [7, 11) is 1.96. The number of rotatable bonds is 10. The van der Waals surface area contributed by atoms with E-state index < -0.39 is 131 Å². The molecule has 0 spiro atoms. The van der Waals surface area contributed by atoms with Crippen molar-refractivity contribution in [3.8, 4) is 0 Å².